The first-order valence-corrected chi connectivity index (χ1v) is 14.6. The van der Waals surface area contributed by atoms with E-state index in [-0.39, 0.29) is 10.8 Å². The Labute approximate surface area is 214 Å². The van der Waals surface area contributed by atoms with Crippen molar-refractivity contribution >= 4 is 0 Å². The van der Waals surface area contributed by atoms with Crippen LogP contribution >= 0.6 is 0 Å². The molecule has 1 aromatic carbocycles. The van der Waals surface area contributed by atoms with Crippen molar-refractivity contribution in [3.63, 3.8) is 0 Å². The van der Waals surface area contributed by atoms with E-state index < -0.39 is 0 Å². The minimum Gasteiger partial charge on any atom is -0.103 e. The lowest BCUT2D eigenvalue weighted by Crippen LogP contribution is -2.29. The fourth-order valence-electron chi connectivity index (χ4n) is 5.59. The van der Waals surface area contributed by atoms with Crippen LogP contribution in [0.15, 0.2) is 49.6 Å². The molecule has 0 nitrogen and oxygen atoms in total. The predicted molar refractivity (Wildman–Crippen MR) is 156 cm³/mol. The molecule has 0 heterocycles. The van der Waals surface area contributed by atoms with E-state index in [0.29, 0.717) is 11.8 Å². The van der Waals surface area contributed by atoms with Gasteiger partial charge in [0.25, 0.3) is 0 Å². The molecule has 0 heteroatoms. The van der Waals surface area contributed by atoms with E-state index in [4.69, 9.17) is 0 Å². The van der Waals surface area contributed by atoms with Gasteiger partial charge < -0.3 is 0 Å². The zero-order valence-corrected chi connectivity index (χ0v) is 23.9. The Kier molecular flexibility index (Phi) is 14.8. The van der Waals surface area contributed by atoms with Crippen molar-refractivity contribution in [1.29, 1.82) is 0 Å². The minimum absolute atomic E-state index is 0.115. The Morgan fingerprint density at radius 1 is 0.559 bits per heavy atom. The van der Waals surface area contributed by atoms with Crippen LogP contribution in [0.25, 0.3) is 0 Å². The van der Waals surface area contributed by atoms with Gasteiger partial charge in [-0.15, -0.1) is 13.2 Å². The third-order valence-electron chi connectivity index (χ3n) is 8.53. The zero-order valence-electron chi connectivity index (χ0n) is 23.9. The predicted octanol–water partition coefficient (Wildman–Crippen LogP) is 11.3. The summed E-state index contributed by atoms with van der Waals surface area (Å²) in [7, 11) is 0. The van der Waals surface area contributed by atoms with Gasteiger partial charge in [0, 0.05) is 0 Å². The van der Waals surface area contributed by atoms with Crippen LogP contribution in [-0.2, 0) is 10.8 Å². The van der Waals surface area contributed by atoms with Gasteiger partial charge in [-0.1, -0.05) is 155 Å². The number of allylic oxidation sites excluding steroid dienone is 2. The quantitative estimate of drug-likeness (QED) is 0.132. The summed E-state index contributed by atoms with van der Waals surface area (Å²) in [6.45, 7) is 22.6. The summed E-state index contributed by atoms with van der Waals surface area (Å²) in [6.07, 6.45) is 23.2. The summed E-state index contributed by atoms with van der Waals surface area (Å²) in [6, 6.07) is 9.55. The lowest BCUT2D eigenvalue weighted by molar-refractivity contribution is 0.343. The van der Waals surface area contributed by atoms with Crippen LogP contribution in [0.1, 0.15) is 143 Å². The second-order valence-corrected chi connectivity index (χ2v) is 11.8. The van der Waals surface area contributed by atoms with Crippen molar-refractivity contribution in [2.45, 2.75) is 142 Å². The van der Waals surface area contributed by atoms with E-state index in [1.54, 1.807) is 0 Å². The van der Waals surface area contributed by atoms with E-state index in [1.807, 2.05) is 0 Å². The molecule has 0 bridgehead atoms. The molecule has 1 rings (SSSR count). The fourth-order valence-corrected chi connectivity index (χ4v) is 5.59. The summed E-state index contributed by atoms with van der Waals surface area (Å²) in [5.74, 6) is 1.04. The fraction of sp³-hybridized carbons (Fsp3) is 0.706. The molecule has 34 heavy (non-hydrogen) atoms. The molecule has 0 saturated carbocycles. The molecule has 0 aliphatic rings. The van der Waals surface area contributed by atoms with Gasteiger partial charge in [-0.2, -0.15) is 0 Å². The number of unbranched alkanes of at least 4 members (excludes halogenated alkanes) is 10. The van der Waals surface area contributed by atoms with Crippen molar-refractivity contribution in [3.05, 3.63) is 60.7 Å². The van der Waals surface area contributed by atoms with E-state index in [2.05, 4.69) is 91.1 Å². The minimum atomic E-state index is 0.115. The monoisotopic (exact) mass is 466 g/mol. The molecule has 0 aromatic heterocycles. The van der Waals surface area contributed by atoms with Gasteiger partial charge in [-0.3, -0.25) is 0 Å². The van der Waals surface area contributed by atoms with Crippen LogP contribution in [0.5, 0.6) is 0 Å². The first-order valence-electron chi connectivity index (χ1n) is 14.6. The number of hydrogen-bond acceptors (Lipinski definition) is 0. The summed E-state index contributed by atoms with van der Waals surface area (Å²) >= 11 is 0. The van der Waals surface area contributed by atoms with Gasteiger partial charge >= 0.3 is 0 Å². The van der Waals surface area contributed by atoms with Gasteiger partial charge in [0.15, 0.2) is 0 Å². The highest BCUT2D eigenvalue weighted by atomic mass is 14.4. The van der Waals surface area contributed by atoms with Crippen molar-refractivity contribution < 1.29 is 0 Å². The van der Waals surface area contributed by atoms with Crippen LogP contribution in [0.2, 0.25) is 0 Å². The molecule has 0 saturated heterocycles. The number of hydrogen-bond donors (Lipinski definition) is 0. The lowest BCUT2D eigenvalue weighted by atomic mass is 9.68. The Morgan fingerprint density at radius 2 is 0.853 bits per heavy atom. The molecule has 2 atom stereocenters. The van der Waals surface area contributed by atoms with Gasteiger partial charge in [-0.05, 0) is 46.6 Å². The summed E-state index contributed by atoms with van der Waals surface area (Å²) < 4.78 is 0. The second-order valence-electron chi connectivity index (χ2n) is 11.8. The van der Waals surface area contributed by atoms with E-state index in [9.17, 15) is 0 Å². The Morgan fingerprint density at radius 3 is 1.15 bits per heavy atom. The molecule has 0 amide bonds. The zero-order chi connectivity index (χ0) is 25.5. The average molecular weight is 467 g/mol. The van der Waals surface area contributed by atoms with Crippen molar-refractivity contribution in [1.82, 2.24) is 0 Å². The molecular weight excluding hydrogens is 408 g/mol. The summed E-state index contributed by atoms with van der Waals surface area (Å²) in [5, 5.41) is 0. The second kappa shape index (κ2) is 16.4. The molecule has 0 radical (unpaired) electrons. The lowest BCUT2D eigenvalue weighted by Gasteiger charge is -2.36. The topological polar surface area (TPSA) is 0 Å². The summed E-state index contributed by atoms with van der Waals surface area (Å²) in [4.78, 5) is 0. The maximum atomic E-state index is 4.21. The van der Waals surface area contributed by atoms with Crippen molar-refractivity contribution in [3.8, 4) is 0 Å². The van der Waals surface area contributed by atoms with Gasteiger partial charge in [0.05, 0.1) is 0 Å². The molecule has 0 N–H and O–H groups in total. The van der Waals surface area contributed by atoms with Crippen LogP contribution in [0, 0.1) is 11.8 Å². The smallest absolute Gasteiger partial charge is 0.00409 e. The third kappa shape index (κ3) is 9.75. The summed E-state index contributed by atoms with van der Waals surface area (Å²) in [5.41, 5.74) is 3.11. The average Bonchev–Trinajstić information content (AvgIpc) is 2.83. The highest BCUT2D eigenvalue weighted by molar-refractivity contribution is 5.34. The largest absolute Gasteiger partial charge is 0.103 e. The Bertz CT molecular complexity index is 601. The Hall–Kier alpha value is -1.30. The van der Waals surface area contributed by atoms with E-state index in [1.165, 1.54) is 101 Å². The maximum Gasteiger partial charge on any atom is -0.00409 e. The van der Waals surface area contributed by atoms with E-state index >= 15 is 0 Å². The molecule has 1 aromatic rings. The molecule has 0 aliphatic heterocycles. The van der Waals surface area contributed by atoms with Crippen LogP contribution in [-0.4, -0.2) is 0 Å². The third-order valence-corrected chi connectivity index (χ3v) is 8.53. The van der Waals surface area contributed by atoms with Gasteiger partial charge in [0.1, 0.15) is 0 Å². The standard InChI is InChI=1S/C34H58/c1-9-13-15-17-19-21-23-29(11-3)33(5,6)31-25-27-32(28-26-31)34(7,8)30(12-4)24-22-20-18-16-14-10-2/h11-12,25-30H,3-4,9-10,13-24H2,1-2,5-8H3. The van der Waals surface area contributed by atoms with E-state index in [0.717, 1.165) is 0 Å². The van der Waals surface area contributed by atoms with Crippen LogP contribution < -0.4 is 0 Å². The van der Waals surface area contributed by atoms with Crippen molar-refractivity contribution in [2.75, 3.05) is 0 Å². The highest BCUT2D eigenvalue weighted by Gasteiger charge is 2.31. The molecule has 0 fully saturated rings. The molecule has 0 spiro atoms. The van der Waals surface area contributed by atoms with Crippen LogP contribution in [0.3, 0.4) is 0 Å². The molecule has 2 unspecified atom stereocenters. The van der Waals surface area contributed by atoms with Crippen LogP contribution in [0.4, 0.5) is 0 Å². The van der Waals surface area contributed by atoms with Gasteiger partial charge in [-0.25, -0.2) is 0 Å². The first kappa shape index (κ1) is 30.7. The maximum absolute atomic E-state index is 4.21. The number of benzene rings is 1. The highest BCUT2D eigenvalue weighted by Crippen LogP contribution is 2.39. The first-order chi connectivity index (χ1) is 16.2. The van der Waals surface area contributed by atoms with Crippen molar-refractivity contribution in [2.24, 2.45) is 11.8 Å². The normalized spacial score (nSPS) is 14.1. The Balaban J connectivity index is 2.75. The molecular formula is C34H58. The number of rotatable bonds is 20. The molecule has 0 aliphatic carbocycles. The SMILES string of the molecule is C=CC(CCCCCCCC)C(C)(C)c1ccc(C(C)(C)C(C=C)CCCCCCCC)cc1. The molecule has 194 valence electrons. The van der Waals surface area contributed by atoms with Gasteiger partial charge in [0.2, 0.25) is 0 Å².